The highest BCUT2D eigenvalue weighted by Gasteiger charge is 2.50. The van der Waals surface area contributed by atoms with Gasteiger partial charge in [0, 0.05) is 11.0 Å². The van der Waals surface area contributed by atoms with Crippen LogP contribution in [-0.2, 0) is 0 Å². The molecule has 0 saturated carbocycles. The Labute approximate surface area is 230 Å². The van der Waals surface area contributed by atoms with Crippen LogP contribution in [0.15, 0.2) is 132 Å². The van der Waals surface area contributed by atoms with Gasteiger partial charge in [-0.25, -0.2) is 0 Å². The van der Waals surface area contributed by atoms with E-state index in [9.17, 15) is 4.79 Å². The predicted octanol–water partition coefficient (Wildman–Crippen LogP) is 3.36. The maximum absolute atomic E-state index is 13.5. The summed E-state index contributed by atoms with van der Waals surface area (Å²) in [5.41, 5.74) is 1.62. The molecular weight excluding hydrogens is 580 g/mol. The van der Waals surface area contributed by atoms with Gasteiger partial charge in [-0.3, -0.25) is 10.1 Å². The first-order chi connectivity index (χ1) is 16.8. The van der Waals surface area contributed by atoms with Crippen LogP contribution in [0.1, 0.15) is 23.7 Å². The first kappa shape index (κ1) is 27.2. The van der Waals surface area contributed by atoms with Gasteiger partial charge in [0.1, 0.15) is 15.9 Å². The summed E-state index contributed by atoms with van der Waals surface area (Å²) in [5.74, 6) is 0.902. The molecule has 1 N–H and O–H groups in total. The van der Waals surface area contributed by atoms with Crippen LogP contribution >= 0.6 is 19.0 Å². The normalized spacial score (nSPS) is 11.4. The van der Waals surface area contributed by atoms with Gasteiger partial charge in [-0.05, 0) is 60.7 Å². The van der Waals surface area contributed by atoms with Crippen molar-refractivity contribution in [3.8, 4) is 0 Å². The van der Waals surface area contributed by atoms with Gasteiger partial charge in [0.2, 0.25) is 0 Å². The summed E-state index contributed by atoms with van der Waals surface area (Å²) in [6.45, 7) is 2.18. The van der Waals surface area contributed by atoms with Gasteiger partial charge in [0.25, 0.3) is 5.91 Å². The molecule has 0 radical (unpaired) electrons. The van der Waals surface area contributed by atoms with Crippen molar-refractivity contribution >= 4 is 40.8 Å². The van der Waals surface area contributed by atoms with Crippen molar-refractivity contribution in [3.63, 3.8) is 0 Å². The molecule has 4 aromatic rings. The zero-order valence-electron chi connectivity index (χ0n) is 19.7. The van der Waals surface area contributed by atoms with E-state index >= 15 is 0 Å². The van der Waals surface area contributed by atoms with Crippen LogP contribution < -0.4 is 45.2 Å². The summed E-state index contributed by atoms with van der Waals surface area (Å²) in [7, 11) is -2.37. The highest BCUT2D eigenvalue weighted by Crippen LogP contribution is 2.61. The first-order valence-electron chi connectivity index (χ1n) is 11.5. The number of hydrogen-bond donors (Lipinski definition) is 1. The largest absolute Gasteiger partial charge is 1.00 e. The zero-order valence-corrected chi connectivity index (χ0v) is 23.5. The molecule has 35 heavy (non-hydrogen) atoms. The molecular formula is C30H29INOPS. The minimum Gasteiger partial charge on any atom is -1.00 e. The van der Waals surface area contributed by atoms with E-state index in [1.54, 1.807) is 11.8 Å². The van der Waals surface area contributed by atoms with E-state index in [0.717, 1.165) is 17.6 Å². The molecule has 0 spiro atoms. The summed E-state index contributed by atoms with van der Waals surface area (Å²) >= 11 is 1.76. The maximum Gasteiger partial charge on any atom is 0.258 e. The minimum atomic E-state index is -2.37. The fraction of sp³-hybridized carbons (Fsp3) is 0.100. The number of carbonyl (C=O) groups is 1. The Morgan fingerprint density at radius 3 is 1.51 bits per heavy atom. The third kappa shape index (κ3) is 6.24. The average molecular weight is 610 g/mol. The molecule has 0 saturated heterocycles. The van der Waals surface area contributed by atoms with Crippen molar-refractivity contribution in [2.24, 2.45) is 0 Å². The highest BCUT2D eigenvalue weighted by molar-refractivity contribution is 8.04. The Morgan fingerprint density at radius 2 is 1.11 bits per heavy atom. The molecule has 0 aliphatic heterocycles. The van der Waals surface area contributed by atoms with Crippen LogP contribution in [0.5, 0.6) is 0 Å². The first-order valence-corrected chi connectivity index (χ1v) is 14.3. The number of amides is 1. The van der Waals surface area contributed by atoms with E-state index in [2.05, 4.69) is 90.4 Å². The van der Waals surface area contributed by atoms with Gasteiger partial charge in [-0.15, -0.1) is 11.8 Å². The standard InChI is InChI=1S/C30H28NOPS.HI/c1-2-23-34-24-29(31-30(32)25-15-7-3-8-16-25)33(26-17-9-4-10-18-26,27-19-11-5-12-20-27)28-21-13-6-14-22-28;/h3-22,24H,2,23H2,1H3;1H. The molecule has 0 unspecified atom stereocenters. The van der Waals surface area contributed by atoms with E-state index < -0.39 is 7.26 Å². The van der Waals surface area contributed by atoms with Gasteiger partial charge in [-0.2, -0.15) is 0 Å². The maximum atomic E-state index is 13.5. The smallest absolute Gasteiger partial charge is 0.258 e. The number of benzene rings is 4. The molecule has 1 amide bonds. The fourth-order valence-corrected chi connectivity index (χ4v) is 9.33. The summed E-state index contributed by atoms with van der Waals surface area (Å²) in [6.07, 6.45) is 1.06. The van der Waals surface area contributed by atoms with Gasteiger partial charge in [0.05, 0.1) is 0 Å². The second-order valence-corrected chi connectivity index (χ2v) is 12.2. The van der Waals surface area contributed by atoms with Crippen molar-refractivity contribution in [2.45, 2.75) is 13.3 Å². The van der Waals surface area contributed by atoms with Crippen LogP contribution in [-0.4, -0.2) is 11.7 Å². The van der Waals surface area contributed by atoms with E-state index in [1.807, 2.05) is 48.5 Å². The zero-order chi connectivity index (χ0) is 23.6. The molecule has 4 rings (SSSR count). The number of nitrogens with one attached hydrogen (secondary N) is 1. The number of halogens is 1. The lowest BCUT2D eigenvalue weighted by molar-refractivity contribution is -0.0000149. The van der Waals surface area contributed by atoms with E-state index in [1.165, 1.54) is 15.9 Å². The van der Waals surface area contributed by atoms with Crippen LogP contribution in [0.3, 0.4) is 0 Å². The van der Waals surface area contributed by atoms with E-state index in [-0.39, 0.29) is 29.9 Å². The van der Waals surface area contributed by atoms with E-state index in [0.29, 0.717) is 5.56 Å². The summed E-state index contributed by atoms with van der Waals surface area (Å²) in [6, 6.07) is 41.3. The average Bonchev–Trinajstić information content (AvgIpc) is 2.91. The van der Waals surface area contributed by atoms with Gasteiger partial charge < -0.3 is 24.0 Å². The number of thioether (sulfide) groups is 1. The van der Waals surface area contributed by atoms with Crippen LogP contribution in [0.2, 0.25) is 0 Å². The highest BCUT2D eigenvalue weighted by atomic mass is 127. The molecule has 0 aliphatic rings. The molecule has 0 bridgehead atoms. The van der Waals surface area contributed by atoms with Crippen LogP contribution in [0.4, 0.5) is 0 Å². The SMILES string of the molecule is CCCSC=C(NC(=O)c1ccccc1)[P+](c1ccccc1)(c1ccccc1)c1ccccc1.[I-]. The Morgan fingerprint density at radius 1 is 0.714 bits per heavy atom. The van der Waals surface area contributed by atoms with Crippen molar-refractivity contribution < 1.29 is 28.8 Å². The third-order valence-electron chi connectivity index (χ3n) is 5.59. The predicted molar refractivity (Wildman–Crippen MR) is 150 cm³/mol. The Kier molecular flexibility index (Phi) is 10.6. The van der Waals surface area contributed by atoms with Crippen molar-refractivity contribution in [1.82, 2.24) is 5.32 Å². The van der Waals surface area contributed by atoms with Crippen molar-refractivity contribution in [2.75, 3.05) is 5.75 Å². The molecule has 4 aromatic carbocycles. The quantitative estimate of drug-likeness (QED) is 0.179. The summed E-state index contributed by atoms with van der Waals surface area (Å²) < 4.78 is 0. The van der Waals surface area contributed by atoms with Gasteiger partial charge >= 0.3 is 0 Å². The van der Waals surface area contributed by atoms with E-state index in [4.69, 9.17) is 0 Å². The lowest BCUT2D eigenvalue weighted by atomic mass is 10.2. The van der Waals surface area contributed by atoms with Gasteiger partial charge in [0.15, 0.2) is 12.7 Å². The minimum absolute atomic E-state index is 0. The third-order valence-corrected chi connectivity index (χ3v) is 11.0. The van der Waals surface area contributed by atoms with Crippen molar-refractivity contribution in [3.05, 3.63) is 138 Å². The topological polar surface area (TPSA) is 29.1 Å². The lowest BCUT2D eigenvalue weighted by Gasteiger charge is -2.29. The number of rotatable bonds is 9. The lowest BCUT2D eigenvalue weighted by Crippen LogP contribution is -3.00. The summed E-state index contributed by atoms with van der Waals surface area (Å²) in [5, 5.41) is 9.20. The monoisotopic (exact) mass is 609 g/mol. The fourth-order valence-electron chi connectivity index (χ4n) is 4.05. The molecule has 0 aliphatic carbocycles. The molecule has 0 aromatic heterocycles. The number of hydrogen-bond acceptors (Lipinski definition) is 2. The van der Waals surface area contributed by atoms with Gasteiger partial charge in [-0.1, -0.05) is 79.7 Å². The van der Waals surface area contributed by atoms with Crippen molar-refractivity contribution in [1.29, 1.82) is 0 Å². The van der Waals surface area contributed by atoms with Crippen LogP contribution in [0.25, 0.3) is 0 Å². The molecule has 0 atom stereocenters. The molecule has 0 heterocycles. The molecule has 178 valence electrons. The Balaban J connectivity index is 0.00000342. The Hall–Kier alpha value is -2.40. The second kappa shape index (κ2) is 13.6. The summed E-state index contributed by atoms with van der Waals surface area (Å²) in [4.78, 5) is 13.5. The second-order valence-electron chi connectivity index (χ2n) is 7.87. The molecule has 5 heteroatoms. The van der Waals surface area contributed by atoms with Crippen LogP contribution in [0, 0.1) is 0 Å². The Bertz CT molecular complexity index is 1120. The number of carbonyl (C=O) groups excluding carboxylic acids is 1. The molecule has 0 fully saturated rings. The molecule has 2 nitrogen and oxygen atoms in total.